The van der Waals surface area contributed by atoms with Crippen LogP contribution in [0.1, 0.15) is 12.5 Å². The van der Waals surface area contributed by atoms with Crippen LogP contribution in [-0.2, 0) is 11.2 Å². The van der Waals surface area contributed by atoms with E-state index in [4.69, 9.17) is 4.74 Å². The van der Waals surface area contributed by atoms with E-state index < -0.39 is 0 Å². The SMILES string of the molecule is COc1ccc(N2CCN(CC(=O)N3c4ccccc4C[C@@H]3C)CC2)cc1. The number of anilines is 2. The van der Waals surface area contributed by atoms with Gasteiger partial charge in [-0.25, -0.2) is 0 Å². The summed E-state index contributed by atoms with van der Waals surface area (Å²) in [6.07, 6.45) is 0.952. The number of ether oxygens (including phenoxy) is 1. The Morgan fingerprint density at radius 1 is 1.04 bits per heavy atom. The normalized spacial score (nSPS) is 19.9. The standard InChI is InChI=1S/C22H27N3O2/c1-17-15-18-5-3-4-6-21(18)25(17)22(26)16-23-11-13-24(14-12-23)19-7-9-20(27-2)10-8-19/h3-10,17H,11-16H2,1-2H3/t17-/m0/s1. The van der Waals surface area contributed by atoms with E-state index in [-0.39, 0.29) is 11.9 Å². The van der Waals surface area contributed by atoms with Gasteiger partial charge in [-0.1, -0.05) is 18.2 Å². The highest BCUT2D eigenvalue weighted by Crippen LogP contribution is 2.32. The fraction of sp³-hybridized carbons (Fsp3) is 0.409. The second-order valence-electron chi connectivity index (χ2n) is 7.41. The quantitative estimate of drug-likeness (QED) is 0.835. The molecular formula is C22H27N3O2. The molecule has 2 aliphatic rings. The lowest BCUT2D eigenvalue weighted by molar-refractivity contribution is -0.120. The van der Waals surface area contributed by atoms with Gasteiger partial charge in [0.05, 0.1) is 13.7 Å². The van der Waals surface area contributed by atoms with Gasteiger partial charge in [0.15, 0.2) is 0 Å². The highest BCUT2D eigenvalue weighted by Gasteiger charge is 2.31. The Bertz CT molecular complexity index is 797. The van der Waals surface area contributed by atoms with E-state index in [0.717, 1.165) is 44.0 Å². The van der Waals surface area contributed by atoms with Crippen LogP contribution in [0.25, 0.3) is 0 Å². The van der Waals surface area contributed by atoms with E-state index in [1.54, 1.807) is 7.11 Å². The minimum Gasteiger partial charge on any atom is -0.497 e. The van der Waals surface area contributed by atoms with Crippen LogP contribution in [0.4, 0.5) is 11.4 Å². The smallest absolute Gasteiger partial charge is 0.241 e. The summed E-state index contributed by atoms with van der Waals surface area (Å²) in [5.74, 6) is 1.09. The third-order valence-corrected chi connectivity index (χ3v) is 5.64. The lowest BCUT2D eigenvalue weighted by Crippen LogP contribution is -2.51. The summed E-state index contributed by atoms with van der Waals surface area (Å²) in [6, 6.07) is 16.7. The zero-order valence-electron chi connectivity index (χ0n) is 16.1. The van der Waals surface area contributed by atoms with Gasteiger partial charge in [-0.2, -0.15) is 0 Å². The van der Waals surface area contributed by atoms with Gasteiger partial charge in [-0.3, -0.25) is 9.69 Å². The molecule has 1 fully saturated rings. The van der Waals surface area contributed by atoms with E-state index >= 15 is 0 Å². The molecule has 0 bridgehead atoms. The second kappa shape index (κ2) is 7.61. The van der Waals surface area contributed by atoms with Crippen LogP contribution in [0.15, 0.2) is 48.5 Å². The first-order valence-electron chi connectivity index (χ1n) is 9.67. The van der Waals surface area contributed by atoms with Gasteiger partial charge in [-0.15, -0.1) is 0 Å². The number of hydrogen-bond donors (Lipinski definition) is 0. The molecule has 1 atom stereocenters. The Balaban J connectivity index is 1.34. The summed E-state index contributed by atoms with van der Waals surface area (Å²) in [5, 5.41) is 0. The first kappa shape index (κ1) is 17.9. The summed E-state index contributed by atoms with van der Waals surface area (Å²) >= 11 is 0. The van der Waals surface area contributed by atoms with Gasteiger partial charge in [0.2, 0.25) is 5.91 Å². The van der Waals surface area contributed by atoms with E-state index in [0.29, 0.717) is 6.54 Å². The Kier molecular flexibility index (Phi) is 5.03. The number of piperazine rings is 1. The van der Waals surface area contributed by atoms with Crippen molar-refractivity contribution < 1.29 is 9.53 Å². The van der Waals surface area contributed by atoms with Gasteiger partial charge < -0.3 is 14.5 Å². The Hall–Kier alpha value is -2.53. The zero-order chi connectivity index (χ0) is 18.8. The molecule has 2 aromatic rings. The largest absolute Gasteiger partial charge is 0.497 e. The maximum absolute atomic E-state index is 13.0. The lowest BCUT2D eigenvalue weighted by atomic mass is 10.1. The number of nitrogens with zero attached hydrogens (tertiary/aromatic N) is 3. The molecule has 0 saturated carbocycles. The van der Waals surface area contributed by atoms with Crippen molar-refractivity contribution in [1.82, 2.24) is 4.90 Å². The van der Waals surface area contributed by atoms with Crippen LogP contribution in [0, 0.1) is 0 Å². The Morgan fingerprint density at radius 2 is 1.74 bits per heavy atom. The van der Waals surface area contributed by atoms with E-state index in [1.807, 2.05) is 23.1 Å². The molecule has 27 heavy (non-hydrogen) atoms. The third-order valence-electron chi connectivity index (χ3n) is 5.64. The lowest BCUT2D eigenvalue weighted by Gasteiger charge is -2.36. The molecule has 1 amide bonds. The molecule has 0 N–H and O–H groups in total. The molecule has 0 aromatic heterocycles. The van der Waals surface area contributed by atoms with Crippen LogP contribution >= 0.6 is 0 Å². The minimum atomic E-state index is 0.213. The number of methoxy groups -OCH3 is 1. The molecule has 1 saturated heterocycles. The molecule has 2 aromatic carbocycles. The highest BCUT2D eigenvalue weighted by atomic mass is 16.5. The van der Waals surface area contributed by atoms with Crippen LogP contribution in [0.5, 0.6) is 5.75 Å². The Labute approximate surface area is 161 Å². The van der Waals surface area contributed by atoms with E-state index in [1.165, 1.54) is 11.3 Å². The van der Waals surface area contributed by atoms with Crippen molar-refractivity contribution >= 4 is 17.3 Å². The number of hydrogen-bond acceptors (Lipinski definition) is 4. The van der Waals surface area contributed by atoms with Crippen molar-refractivity contribution in [2.24, 2.45) is 0 Å². The number of benzene rings is 2. The molecule has 0 radical (unpaired) electrons. The van der Waals surface area contributed by atoms with Crippen molar-refractivity contribution in [2.75, 3.05) is 49.6 Å². The predicted molar refractivity (Wildman–Crippen MR) is 109 cm³/mol. The van der Waals surface area contributed by atoms with Crippen molar-refractivity contribution in [3.05, 3.63) is 54.1 Å². The first-order chi connectivity index (χ1) is 13.2. The number of carbonyl (C=O) groups excluding carboxylic acids is 1. The van der Waals surface area contributed by atoms with Crippen LogP contribution in [0.3, 0.4) is 0 Å². The molecule has 2 aliphatic heterocycles. The molecule has 5 heteroatoms. The Morgan fingerprint density at radius 3 is 2.44 bits per heavy atom. The molecular weight excluding hydrogens is 338 g/mol. The molecule has 0 aliphatic carbocycles. The van der Waals surface area contributed by atoms with Gasteiger partial charge >= 0.3 is 0 Å². The topological polar surface area (TPSA) is 36.0 Å². The van der Waals surface area contributed by atoms with E-state index in [9.17, 15) is 4.79 Å². The number of amides is 1. The molecule has 0 unspecified atom stereocenters. The summed E-state index contributed by atoms with van der Waals surface area (Å²) in [5.41, 5.74) is 3.58. The fourth-order valence-electron chi connectivity index (χ4n) is 4.17. The van der Waals surface area contributed by atoms with Crippen molar-refractivity contribution in [1.29, 1.82) is 0 Å². The third kappa shape index (κ3) is 3.65. The predicted octanol–water partition coefficient (Wildman–Crippen LogP) is 2.80. The van der Waals surface area contributed by atoms with Crippen LogP contribution in [0.2, 0.25) is 0 Å². The second-order valence-corrected chi connectivity index (χ2v) is 7.41. The summed E-state index contributed by atoms with van der Waals surface area (Å²) in [4.78, 5) is 19.6. The zero-order valence-corrected chi connectivity index (χ0v) is 16.1. The fourth-order valence-corrected chi connectivity index (χ4v) is 4.17. The van der Waals surface area contributed by atoms with Crippen LogP contribution < -0.4 is 14.5 Å². The maximum atomic E-state index is 13.0. The molecule has 142 valence electrons. The number of fused-ring (bicyclic) bond motifs is 1. The molecule has 5 nitrogen and oxygen atoms in total. The highest BCUT2D eigenvalue weighted by molar-refractivity contribution is 5.97. The minimum absolute atomic E-state index is 0.213. The maximum Gasteiger partial charge on any atom is 0.241 e. The van der Waals surface area contributed by atoms with Crippen molar-refractivity contribution in [3.63, 3.8) is 0 Å². The van der Waals surface area contributed by atoms with Gasteiger partial charge in [0.1, 0.15) is 5.75 Å². The molecule has 2 heterocycles. The number of para-hydroxylation sites is 1. The first-order valence-corrected chi connectivity index (χ1v) is 9.67. The monoisotopic (exact) mass is 365 g/mol. The van der Waals surface area contributed by atoms with E-state index in [2.05, 4.69) is 47.1 Å². The average molecular weight is 365 g/mol. The van der Waals surface area contributed by atoms with Crippen LogP contribution in [-0.4, -0.2) is 56.7 Å². The molecule has 0 spiro atoms. The summed E-state index contributed by atoms with van der Waals surface area (Å²) < 4.78 is 5.23. The number of rotatable bonds is 4. The van der Waals surface area contributed by atoms with Gasteiger partial charge in [0, 0.05) is 43.6 Å². The number of carbonyl (C=O) groups is 1. The summed E-state index contributed by atoms with van der Waals surface area (Å²) in [7, 11) is 1.68. The van der Waals surface area contributed by atoms with Gasteiger partial charge in [-0.05, 0) is 49.2 Å². The van der Waals surface area contributed by atoms with Crippen molar-refractivity contribution in [3.8, 4) is 5.75 Å². The summed E-state index contributed by atoms with van der Waals surface area (Å²) in [6.45, 7) is 6.31. The molecule has 4 rings (SSSR count). The van der Waals surface area contributed by atoms with Crippen molar-refractivity contribution in [2.45, 2.75) is 19.4 Å². The van der Waals surface area contributed by atoms with Gasteiger partial charge in [0.25, 0.3) is 0 Å². The average Bonchev–Trinajstić information content (AvgIpc) is 3.04.